The van der Waals surface area contributed by atoms with E-state index in [9.17, 15) is 4.79 Å². The minimum atomic E-state index is -3.55. The molecule has 1 aliphatic rings. The Balaban J connectivity index is 2.07. The summed E-state index contributed by atoms with van der Waals surface area (Å²) < 4.78 is 23.1. The molecular weight excluding hydrogens is 519 g/mol. The van der Waals surface area contributed by atoms with E-state index in [0.717, 1.165) is 10.0 Å². The highest BCUT2D eigenvalue weighted by Gasteiger charge is 2.66. The van der Waals surface area contributed by atoms with Gasteiger partial charge in [-0.05, 0) is 68.0 Å². The number of hydrogen-bond acceptors (Lipinski definition) is 4. The molecule has 3 aromatic rings. The molecule has 0 unspecified atom stereocenters. The van der Waals surface area contributed by atoms with E-state index in [-0.39, 0.29) is 5.11 Å². The van der Waals surface area contributed by atoms with Crippen molar-refractivity contribution in [2.45, 2.75) is 24.9 Å². The number of rotatable bonds is 5. The molecule has 0 radical (unpaired) electrons. The van der Waals surface area contributed by atoms with Gasteiger partial charge in [0.2, 0.25) is 7.29 Å². The number of carbonyl (C=O) groups excluding carboxylic acids is 1. The molecule has 0 aromatic heterocycles. The predicted octanol–water partition coefficient (Wildman–Crippen LogP) is 4.72. The zero-order valence-electron chi connectivity index (χ0n) is 18.5. The molecular formula is C25H24BrN2O3PS. The number of thiocarbonyl (C=S) groups is 1. The average Bonchev–Trinajstić information content (AvgIpc) is 3.06. The van der Waals surface area contributed by atoms with Crippen LogP contribution in [0.3, 0.4) is 0 Å². The molecule has 0 saturated carbocycles. The lowest BCUT2D eigenvalue weighted by atomic mass is 9.76. The van der Waals surface area contributed by atoms with Gasteiger partial charge in [0, 0.05) is 15.1 Å². The minimum absolute atomic E-state index is 0.226. The van der Waals surface area contributed by atoms with E-state index in [1.165, 1.54) is 7.11 Å². The maximum atomic E-state index is 15.3. The first-order valence-corrected chi connectivity index (χ1v) is 13.2. The maximum absolute atomic E-state index is 15.3. The van der Waals surface area contributed by atoms with Crippen molar-refractivity contribution in [3.63, 3.8) is 0 Å². The van der Waals surface area contributed by atoms with Crippen LogP contribution in [0.25, 0.3) is 0 Å². The molecule has 1 fully saturated rings. The second kappa shape index (κ2) is 8.71. The fourth-order valence-corrected chi connectivity index (χ4v) is 8.59. The Morgan fingerprint density at radius 1 is 0.939 bits per heavy atom. The molecule has 0 aliphatic carbocycles. The number of halogens is 1. The summed E-state index contributed by atoms with van der Waals surface area (Å²) in [5, 5.41) is 4.65. The van der Waals surface area contributed by atoms with Gasteiger partial charge in [0.05, 0.1) is 7.11 Å². The molecule has 33 heavy (non-hydrogen) atoms. The van der Waals surface area contributed by atoms with Crippen LogP contribution >= 0.6 is 35.4 Å². The summed E-state index contributed by atoms with van der Waals surface area (Å²) in [6.45, 7) is 3.63. The third-order valence-electron chi connectivity index (χ3n) is 6.44. The lowest BCUT2D eigenvalue weighted by molar-refractivity contribution is -0.150. The lowest BCUT2D eigenvalue weighted by Crippen LogP contribution is -2.60. The van der Waals surface area contributed by atoms with Crippen LogP contribution in [-0.2, 0) is 19.6 Å². The molecule has 0 spiro atoms. The molecule has 5 nitrogen and oxygen atoms in total. The van der Waals surface area contributed by atoms with Crippen molar-refractivity contribution in [1.29, 1.82) is 0 Å². The lowest BCUT2D eigenvalue weighted by Gasteiger charge is -2.46. The number of nitrogens with one attached hydrogen (secondary N) is 1. The van der Waals surface area contributed by atoms with E-state index < -0.39 is 24.3 Å². The van der Waals surface area contributed by atoms with Gasteiger partial charge >= 0.3 is 5.97 Å². The second-order valence-electron chi connectivity index (χ2n) is 8.18. The van der Waals surface area contributed by atoms with E-state index in [1.54, 1.807) is 11.6 Å². The Labute approximate surface area is 207 Å². The van der Waals surface area contributed by atoms with Gasteiger partial charge in [-0.1, -0.05) is 64.5 Å². The Bertz CT molecular complexity index is 1200. The molecule has 170 valence electrons. The van der Waals surface area contributed by atoms with Crippen molar-refractivity contribution < 1.29 is 14.1 Å². The van der Waals surface area contributed by atoms with E-state index >= 15 is 4.57 Å². The first-order chi connectivity index (χ1) is 15.7. The molecule has 8 heteroatoms. The van der Waals surface area contributed by atoms with Crippen LogP contribution in [0.1, 0.15) is 19.4 Å². The topological polar surface area (TPSA) is 58.6 Å². The smallest absolute Gasteiger partial charge is 0.334 e. The molecule has 1 saturated heterocycles. The van der Waals surface area contributed by atoms with Crippen molar-refractivity contribution in [3.05, 3.63) is 95.0 Å². The molecule has 0 bridgehead atoms. The molecule has 1 heterocycles. The van der Waals surface area contributed by atoms with Crippen molar-refractivity contribution in [2.75, 3.05) is 7.11 Å². The van der Waals surface area contributed by atoms with Gasteiger partial charge in [-0.2, -0.15) is 0 Å². The highest BCUT2D eigenvalue weighted by molar-refractivity contribution is 9.10. The standard InChI is InChI=1S/C25H24BrN2O3PS/c1-24(22(29)31-3)25(2,18-14-16-19(26)17-15-18)28(23(33)27-24)32(30,20-10-6-4-7-11-20)21-12-8-5-9-13-21/h4-17H,1-3H3,(H,27,33)/t24-,25+/m0/s1. The second-order valence-corrected chi connectivity index (χ2v) is 12.1. The molecule has 1 aliphatic heterocycles. The highest BCUT2D eigenvalue weighted by Crippen LogP contribution is 2.60. The normalized spacial score (nSPS) is 22.7. The quantitative estimate of drug-likeness (QED) is 0.286. The summed E-state index contributed by atoms with van der Waals surface area (Å²) in [6.07, 6.45) is 0. The Morgan fingerprint density at radius 3 is 1.88 bits per heavy atom. The van der Waals surface area contributed by atoms with Gasteiger partial charge < -0.3 is 10.1 Å². The van der Waals surface area contributed by atoms with Crippen LogP contribution in [-0.4, -0.2) is 28.4 Å². The van der Waals surface area contributed by atoms with Crippen molar-refractivity contribution in [1.82, 2.24) is 9.99 Å². The third kappa shape index (κ3) is 3.54. The molecule has 2 atom stereocenters. The third-order valence-corrected chi connectivity index (χ3v) is 10.5. The largest absolute Gasteiger partial charge is 0.467 e. The van der Waals surface area contributed by atoms with Gasteiger partial charge in [0.1, 0.15) is 5.54 Å². The molecule has 3 aromatic carbocycles. The number of benzene rings is 3. The fourth-order valence-electron chi connectivity index (χ4n) is 4.49. The first kappa shape index (κ1) is 23.7. The zero-order valence-corrected chi connectivity index (χ0v) is 21.8. The summed E-state index contributed by atoms with van der Waals surface area (Å²) in [4.78, 5) is 13.2. The van der Waals surface area contributed by atoms with Crippen LogP contribution in [0.5, 0.6) is 0 Å². The first-order valence-electron chi connectivity index (χ1n) is 10.4. The van der Waals surface area contributed by atoms with E-state index in [0.29, 0.717) is 10.6 Å². The van der Waals surface area contributed by atoms with Crippen LogP contribution in [0.15, 0.2) is 89.4 Å². The average molecular weight is 543 g/mol. The van der Waals surface area contributed by atoms with Crippen molar-refractivity contribution in [3.8, 4) is 0 Å². The van der Waals surface area contributed by atoms with Crippen LogP contribution < -0.4 is 15.9 Å². The fraction of sp³-hybridized carbons (Fsp3) is 0.200. The minimum Gasteiger partial charge on any atom is -0.467 e. The molecule has 1 N–H and O–H groups in total. The summed E-state index contributed by atoms with van der Waals surface area (Å²) >= 11 is 9.29. The monoisotopic (exact) mass is 542 g/mol. The molecule has 4 rings (SSSR count). The van der Waals surface area contributed by atoms with E-state index in [1.807, 2.05) is 91.9 Å². The van der Waals surface area contributed by atoms with Crippen LogP contribution in [0.4, 0.5) is 0 Å². The van der Waals surface area contributed by atoms with E-state index in [4.69, 9.17) is 17.0 Å². The summed E-state index contributed by atoms with van der Waals surface area (Å²) in [7, 11) is -2.20. The number of carbonyl (C=O) groups is 1. The van der Waals surface area contributed by atoms with Gasteiger partial charge in [-0.3, -0.25) is 9.24 Å². The van der Waals surface area contributed by atoms with Crippen molar-refractivity contribution >= 4 is 57.1 Å². The SMILES string of the molecule is COC(=O)[C@]1(C)NC(=S)N(P(=O)(c2ccccc2)c2ccccc2)[C@]1(C)c1ccc(Br)cc1. The Morgan fingerprint density at radius 2 is 1.42 bits per heavy atom. The number of hydrogen-bond donors (Lipinski definition) is 1. The van der Waals surface area contributed by atoms with Crippen LogP contribution in [0.2, 0.25) is 0 Å². The van der Waals surface area contributed by atoms with Gasteiger partial charge in [0.15, 0.2) is 10.7 Å². The number of esters is 1. The number of ether oxygens (including phenoxy) is 1. The molecule has 0 amide bonds. The maximum Gasteiger partial charge on any atom is 0.334 e. The van der Waals surface area contributed by atoms with Gasteiger partial charge in [-0.25, -0.2) is 4.79 Å². The number of nitrogens with zero attached hydrogens (tertiary/aromatic N) is 1. The predicted molar refractivity (Wildman–Crippen MR) is 139 cm³/mol. The highest BCUT2D eigenvalue weighted by atomic mass is 79.9. The zero-order chi connectivity index (χ0) is 23.9. The summed E-state index contributed by atoms with van der Waals surface area (Å²) in [5.74, 6) is -0.495. The number of methoxy groups -OCH3 is 1. The Hall–Kier alpha value is -2.47. The van der Waals surface area contributed by atoms with E-state index in [2.05, 4.69) is 21.2 Å². The Kier molecular flexibility index (Phi) is 6.25. The summed E-state index contributed by atoms with van der Waals surface area (Å²) in [5.41, 5.74) is -1.66. The van der Waals surface area contributed by atoms with Gasteiger partial charge in [0.25, 0.3) is 0 Å². The van der Waals surface area contributed by atoms with Crippen molar-refractivity contribution in [2.24, 2.45) is 0 Å². The summed E-state index contributed by atoms with van der Waals surface area (Å²) in [6, 6.07) is 26.2. The van der Waals surface area contributed by atoms with Crippen LogP contribution in [0, 0.1) is 0 Å². The van der Waals surface area contributed by atoms with Gasteiger partial charge in [-0.15, -0.1) is 0 Å².